The highest BCUT2D eigenvalue weighted by atomic mass is 19.4. The van der Waals surface area contributed by atoms with Crippen molar-refractivity contribution in [2.24, 2.45) is 0 Å². The summed E-state index contributed by atoms with van der Waals surface area (Å²) in [6.45, 7) is -0.200. The van der Waals surface area contributed by atoms with Crippen molar-refractivity contribution in [1.29, 1.82) is 0 Å². The largest absolute Gasteiger partial charge is 0.497 e. The third-order valence-electron chi connectivity index (χ3n) is 3.05. The second-order valence-electron chi connectivity index (χ2n) is 4.76. The number of alkyl halides is 3. The van der Waals surface area contributed by atoms with Crippen LogP contribution in [-0.2, 0) is 4.79 Å². The molecule has 1 unspecified atom stereocenters. The molecule has 2 amide bonds. The Bertz CT molecular complexity index is 546. The third kappa shape index (κ3) is 5.68. The first-order chi connectivity index (χ1) is 10.6. The molecule has 128 valence electrons. The summed E-state index contributed by atoms with van der Waals surface area (Å²) in [5.41, 5.74) is -0.154. The zero-order valence-electron chi connectivity index (χ0n) is 12.6. The number of methoxy groups -OCH3 is 1. The molecule has 0 aromatic heterocycles. The number of carboxylic acids is 1. The summed E-state index contributed by atoms with van der Waals surface area (Å²) >= 11 is 0. The molecule has 0 spiro atoms. The first-order valence-corrected chi connectivity index (χ1v) is 6.59. The number of carbonyl (C=O) groups excluding carboxylic acids is 1. The van der Waals surface area contributed by atoms with E-state index in [-0.39, 0.29) is 18.5 Å². The lowest BCUT2D eigenvalue weighted by Crippen LogP contribution is -2.44. The van der Waals surface area contributed by atoms with Crippen LogP contribution in [0.1, 0.15) is 18.0 Å². The standard InChI is InChI=1S/C14H17F3N2O4/c1-19(8-7-11(20)21)13(22)18-12(14(15,16)17)9-3-5-10(23-2)6-4-9/h3-6,12H,7-8H2,1-2H3,(H,18,22)(H,20,21). The van der Waals surface area contributed by atoms with E-state index in [4.69, 9.17) is 9.84 Å². The lowest BCUT2D eigenvalue weighted by atomic mass is 10.1. The minimum Gasteiger partial charge on any atom is -0.497 e. The van der Waals surface area contributed by atoms with Gasteiger partial charge in [0.2, 0.25) is 0 Å². The van der Waals surface area contributed by atoms with Crippen LogP contribution in [0.5, 0.6) is 5.75 Å². The van der Waals surface area contributed by atoms with Gasteiger partial charge in [-0.15, -0.1) is 0 Å². The first-order valence-electron chi connectivity index (χ1n) is 6.59. The normalized spacial score (nSPS) is 12.4. The predicted octanol–water partition coefficient (Wildman–Crippen LogP) is 2.41. The molecule has 0 heterocycles. The molecule has 0 radical (unpaired) electrons. The molecule has 1 atom stereocenters. The molecule has 0 aliphatic heterocycles. The lowest BCUT2D eigenvalue weighted by molar-refractivity contribution is -0.155. The number of carbonyl (C=O) groups is 2. The van der Waals surface area contributed by atoms with Crippen LogP contribution in [0.25, 0.3) is 0 Å². The average molecular weight is 334 g/mol. The summed E-state index contributed by atoms with van der Waals surface area (Å²) in [6.07, 6.45) is -5.05. The second kappa shape index (κ2) is 7.70. The Morgan fingerprint density at radius 3 is 2.30 bits per heavy atom. The second-order valence-corrected chi connectivity index (χ2v) is 4.76. The zero-order chi connectivity index (χ0) is 17.6. The Balaban J connectivity index is 2.86. The maximum absolute atomic E-state index is 13.2. The molecule has 0 saturated heterocycles. The van der Waals surface area contributed by atoms with E-state index in [0.717, 1.165) is 4.90 Å². The highest BCUT2D eigenvalue weighted by molar-refractivity contribution is 5.75. The van der Waals surface area contributed by atoms with Gasteiger partial charge in [0, 0.05) is 13.6 Å². The Morgan fingerprint density at radius 1 is 1.30 bits per heavy atom. The monoisotopic (exact) mass is 334 g/mol. The van der Waals surface area contributed by atoms with Crippen molar-refractivity contribution in [1.82, 2.24) is 10.2 Å². The molecule has 0 fully saturated rings. The molecule has 6 nitrogen and oxygen atoms in total. The zero-order valence-corrected chi connectivity index (χ0v) is 12.6. The molecular formula is C14H17F3N2O4. The Kier molecular flexibility index (Phi) is 6.23. The molecule has 0 aliphatic rings. The minimum absolute atomic E-state index is 0.154. The van der Waals surface area contributed by atoms with Gasteiger partial charge in [-0.3, -0.25) is 4.79 Å². The number of amides is 2. The van der Waals surface area contributed by atoms with Gasteiger partial charge in [-0.05, 0) is 17.7 Å². The number of urea groups is 1. The summed E-state index contributed by atoms with van der Waals surface area (Å²) < 4.78 is 44.4. The van der Waals surface area contributed by atoms with Crippen LogP contribution in [0.15, 0.2) is 24.3 Å². The molecule has 0 bridgehead atoms. The van der Waals surface area contributed by atoms with E-state index in [9.17, 15) is 22.8 Å². The number of ether oxygens (including phenoxy) is 1. The molecular weight excluding hydrogens is 317 g/mol. The number of nitrogens with zero attached hydrogens (tertiary/aromatic N) is 1. The number of carboxylic acid groups (broad SMARTS) is 1. The fraction of sp³-hybridized carbons (Fsp3) is 0.429. The summed E-state index contributed by atoms with van der Waals surface area (Å²) in [7, 11) is 2.61. The smallest absolute Gasteiger partial charge is 0.412 e. The van der Waals surface area contributed by atoms with E-state index in [1.54, 1.807) is 0 Å². The molecule has 1 rings (SSSR count). The number of aliphatic carboxylic acids is 1. The topological polar surface area (TPSA) is 78.9 Å². The lowest BCUT2D eigenvalue weighted by Gasteiger charge is -2.25. The van der Waals surface area contributed by atoms with E-state index < -0.39 is 24.2 Å². The number of hydrogen-bond donors (Lipinski definition) is 2. The van der Waals surface area contributed by atoms with E-state index in [2.05, 4.69) is 0 Å². The number of hydrogen-bond acceptors (Lipinski definition) is 3. The van der Waals surface area contributed by atoms with Crippen LogP contribution >= 0.6 is 0 Å². The van der Waals surface area contributed by atoms with Gasteiger partial charge in [0.05, 0.1) is 13.5 Å². The van der Waals surface area contributed by atoms with Crippen molar-refractivity contribution in [3.8, 4) is 5.75 Å². The minimum atomic E-state index is -4.70. The SMILES string of the molecule is COc1ccc(C(NC(=O)N(C)CCC(=O)O)C(F)(F)F)cc1. The average Bonchev–Trinajstić information content (AvgIpc) is 2.49. The summed E-state index contributed by atoms with van der Waals surface area (Å²) in [6, 6.07) is 1.91. The third-order valence-corrected chi connectivity index (χ3v) is 3.05. The van der Waals surface area contributed by atoms with Crippen molar-refractivity contribution in [3.05, 3.63) is 29.8 Å². The molecule has 1 aromatic carbocycles. The Hall–Kier alpha value is -2.45. The van der Waals surface area contributed by atoms with Gasteiger partial charge in [-0.1, -0.05) is 12.1 Å². The fourth-order valence-electron chi connectivity index (χ4n) is 1.75. The van der Waals surface area contributed by atoms with Crippen LogP contribution in [0.3, 0.4) is 0 Å². The van der Waals surface area contributed by atoms with Gasteiger partial charge in [0.15, 0.2) is 6.04 Å². The van der Waals surface area contributed by atoms with Crippen molar-refractivity contribution in [3.63, 3.8) is 0 Å². The molecule has 0 aliphatic carbocycles. The van der Waals surface area contributed by atoms with Crippen LogP contribution in [0.4, 0.5) is 18.0 Å². The van der Waals surface area contributed by atoms with Crippen LogP contribution in [-0.4, -0.2) is 48.9 Å². The molecule has 23 heavy (non-hydrogen) atoms. The van der Waals surface area contributed by atoms with E-state index >= 15 is 0 Å². The van der Waals surface area contributed by atoms with Crippen LogP contribution < -0.4 is 10.1 Å². The summed E-state index contributed by atoms with van der Waals surface area (Å²) in [5, 5.41) is 10.4. The Morgan fingerprint density at radius 2 is 1.87 bits per heavy atom. The van der Waals surface area contributed by atoms with Gasteiger partial charge >= 0.3 is 18.2 Å². The van der Waals surface area contributed by atoms with Crippen molar-refractivity contribution in [2.45, 2.75) is 18.6 Å². The number of nitrogens with one attached hydrogen (secondary N) is 1. The van der Waals surface area contributed by atoms with Gasteiger partial charge in [0.1, 0.15) is 5.75 Å². The quantitative estimate of drug-likeness (QED) is 0.837. The molecule has 9 heteroatoms. The van der Waals surface area contributed by atoms with Crippen LogP contribution in [0, 0.1) is 0 Å². The predicted molar refractivity (Wildman–Crippen MR) is 75.2 cm³/mol. The Labute approximate surface area is 130 Å². The summed E-state index contributed by atoms with van der Waals surface area (Å²) in [4.78, 5) is 23.1. The number of benzene rings is 1. The van der Waals surface area contributed by atoms with Crippen molar-refractivity contribution < 1.29 is 32.6 Å². The number of halogens is 3. The van der Waals surface area contributed by atoms with E-state index in [1.165, 1.54) is 38.4 Å². The van der Waals surface area contributed by atoms with Crippen molar-refractivity contribution >= 4 is 12.0 Å². The van der Waals surface area contributed by atoms with Crippen molar-refractivity contribution in [2.75, 3.05) is 20.7 Å². The number of rotatable bonds is 6. The maximum atomic E-state index is 13.2. The van der Waals surface area contributed by atoms with E-state index in [1.807, 2.05) is 5.32 Å². The fourth-order valence-corrected chi connectivity index (χ4v) is 1.75. The highest BCUT2D eigenvalue weighted by Crippen LogP contribution is 2.33. The molecule has 2 N–H and O–H groups in total. The van der Waals surface area contributed by atoms with Crippen LogP contribution in [0.2, 0.25) is 0 Å². The van der Waals surface area contributed by atoms with Gasteiger partial charge < -0.3 is 20.1 Å². The maximum Gasteiger partial charge on any atom is 0.412 e. The first kappa shape index (κ1) is 18.6. The van der Waals surface area contributed by atoms with Gasteiger partial charge in [0.25, 0.3) is 0 Å². The van der Waals surface area contributed by atoms with Gasteiger partial charge in [-0.2, -0.15) is 13.2 Å². The molecule has 0 saturated carbocycles. The molecule has 1 aromatic rings. The highest BCUT2D eigenvalue weighted by Gasteiger charge is 2.42. The summed E-state index contributed by atoms with van der Waals surface area (Å²) in [5.74, 6) is -0.758. The van der Waals surface area contributed by atoms with Gasteiger partial charge in [-0.25, -0.2) is 4.79 Å². The van der Waals surface area contributed by atoms with E-state index in [0.29, 0.717) is 5.75 Å².